The van der Waals surface area contributed by atoms with Crippen LogP contribution < -0.4 is 10.5 Å². The van der Waals surface area contributed by atoms with Gasteiger partial charge in [0.05, 0.1) is 0 Å². The lowest BCUT2D eigenvalue weighted by Gasteiger charge is -2.09. The topological polar surface area (TPSA) is 78.1 Å². The van der Waals surface area contributed by atoms with E-state index in [1.165, 1.54) is 6.33 Å². The Morgan fingerprint density at radius 1 is 1.28 bits per heavy atom. The lowest BCUT2D eigenvalue weighted by atomic mass is 10.1. The van der Waals surface area contributed by atoms with Crippen molar-refractivity contribution in [3.05, 3.63) is 42.5 Å². The van der Waals surface area contributed by atoms with E-state index in [0.717, 1.165) is 16.7 Å². The minimum Gasteiger partial charge on any atom is -0.484 e. The van der Waals surface area contributed by atoms with Gasteiger partial charge in [0.2, 0.25) is 0 Å². The van der Waals surface area contributed by atoms with E-state index >= 15 is 0 Å². The highest BCUT2D eigenvalue weighted by Crippen LogP contribution is 2.25. The van der Waals surface area contributed by atoms with E-state index in [1.807, 2.05) is 19.1 Å². The van der Waals surface area contributed by atoms with Crippen molar-refractivity contribution in [1.82, 2.24) is 9.97 Å². The second-order valence-corrected chi connectivity index (χ2v) is 3.86. The maximum atomic E-state index is 10.7. The molecule has 0 unspecified atom stereocenters. The third-order valence-electron chi connectivity index (χ3n) is 2.44. The first kappa shape index (κ1) is 12.0. The first-order chi connectivity index (χ1) is 8.66. The second kappa shape index (κ2) is 5.27. The van der Waals surface area contributed by atoms with Gasteiger partial charge >= 0.3 is 0 Å². The summed E-state index contributed by atoms with van der Waals surface area (Å²) in [6.07, 6.45) is 4.97. The lowest BCUT2D eigenvalue weighted by molar-refractivity contribution is -0.119. The molecule has 0 bridgehead atoms. The van der Waals surface area contributed by atoms with Crippen LogP contribution in [0.3, 0.4) is 0 Å². The Bertz CT molecular complexity index is 555. The summed E-state index contributed by atoms with van der Waals surface area (Å²) in [6, 6.07) is 5.65. The van der Waals surface area contributed by atoms with Crippen LogP contribution in [-0.2, 0) is 4.79 Å². The minimum atomic E-state index is -0.491. The van der Waals surface area contributed by atoms with Crippen molar-refractivity contribution in [2.24, 2.45) is 5.73 Å². The molecule has 18 heavy (non-hydrogen) atoms. The molecule has 1 heterocycles. The molecule has 0 aliphatic carbocycles. The molecule has 2 rings (SSSR count). The molecule has 1 amide bonds. The summed E-state index contributed by atoms with van der Waals surface area (Å²) < 4.78 is 5.28. The zero-order chi connectivity index (χ0) is 13.0. The number of nitrogens with two attached hydrogens (primary N) is 1. The van der Waals surface area contributed by atoms with Crippen LogP contribution in [0.15, 0.2) is 36.9 Å². The Balaban J connectivity index is 2.22. The summed E-state index contributed by atoms with van der Waals surface area (Å²) in [6.45, 7) is 1.79. The van der Waals surface area contributed by atoms with Gasteiger partial charge in [-0.15, -0.1) is 0 Å². The molecule has 0 aliphatic heterocycles. The maximum absolute atomic E-state index is 10.7. The monoisotopic (exact) mass is 243 g/mol. The normalized spacial score (nSPS) is 10.1. The molecule has 2 aromatic rings. The Morgan fingerprint density at radius 3 is 2.61 bits per heavy atom. The van der Waals surface area contributed by atoms with Gasteiger partial charge in [0.15, 0.2) is 6.61 Å². The summed E-state index contributed by atoms with van der Waals surface area (Å²) in [4.78, 5) is 18.6. The number of hydrogen-bond acceptors (Lipinski definition) is 4. The second-order valence-electron chi connectivity index (χ2n) is 3.86. The Hall–Kier alpha value is -2.43. The summed E-state index contributed by atoms with van der Waals surface area (Å²) in [5, 5.41) is 0. The molecule has 1 aromatic heterocycles. The van der Waals surface area contributed by atoms with Crippen molar-refractivity contribution in [2.45, 2.75) is 6.92 Å². The highest BCUT2D eigenvalue weighted by atomic mass is 16.5. The highest BCUT2D eigenvalue weighted by molar-refractivity contribution is 5.75. The number of carbonyl (C=O) groups is 1. The van der Waals surface area contributed by atoms with Gasteiger partial charge in [-0.25, -0.2) is 9.97 Å². The average molecular weight is 243 g/mol. The molecule has 0 atom stereocenters. The standard InChI is InChI=1S/C13H13N3O2/c1-9-4-10(11-5-15-8-16-6-11)2-3-12(9)18-7-13(14)17/h2-6,8H,7H2,1H3,(H2,14,17). The highest BCUT2D eigenvalue weighted by Gasteiger charge is 2.04. The molecule has 1 aromatic carbocycles. The number of aromatic nitrogens is 2. The summed E-state index contributed by atoms with van der Waals surface area (Å²) in [5.41, 5.74) is 7.89. The van der Waals surface area contributed by atoms with E-state index < -0.39 is 5.91 Å². The fraction of sp³-hybridized carbons (Fsp3) is 0.154. The van der Waals surface area contributed by atoms with Crippen LogP contribution in [0.2, 0.25) is 0 Å². The van der Waals surface area contributed by atoms with Crippen molar-refractivity contribution < 1.29 is 9.53 Å². The average Bonchev–Trinajstić information content (AvgIpc) is 2.38. The Kier molecular flexibility index (Phi) is 3.52. The van der Waals surface area contributed by atoms with Crippen LogP contribution in [0.25, 0.3) is 11.1 Å². The van der Waals surface area contributed by atoms with Crippen LogP contribution >= 0.6 is 0 Å². The van der Waals surface area contributed by atoms with Crippen molar-refractivity contribution in [3.63, 3.8) is 0 Å². The van der Waals surface area contributed by atoms with Crippen LogP contribution in [0.5, 0.6) is 5.75 Å². The molecular weight excluding hydrogens is 230 g/mol. The van der Waals surface area contributed by atoms with Gasteiger partial charge in [-0.05, 0) is 30.2 Å². The summed E-state index contributed by atoms with van der Waals surface area (Å²) in [7, 11) is 0. The van der Waals surface area contributed by atoms with Crippen molar-refractivity contribution in [1.29, 1.82) is 0 Å². The number of rotatable bonds is 4. The predicted octanol–water partition coefficient (Wildman–Crippen LogP) is 1.32. The smallest absolute Gasteiger partial charge is 0.255 e. The van der Waals surface area contributed by atoms with Crippen molar-refractivity contribution in [3.8, 4) is 16.9 Å². The van der Waals surface area contributed by atoms with Gasteiger partial charge in [-0.2, -0.15) is 0 Å². The van der Waals surface area contributed by atoms with Crippen LogP contribution in [0, 0.1) is 6.92 Å². The molecule has 0 fully saturated rings. The van der Waals surface area contributed by atoms with Gasteiger partial charge in [-0.3, -0.25) is 4.79 Å². The lowest BCUT2D eigenvalue weighted by Crippen LogP contribution is -2.20. The third kappa shape index (κ3) is 2.82. The largest absolute Gasteiger partial charge is 0.484 e. The van der Waals surface area contributed by atoms with Gasteiger partial charge in [0, 0.05) is 18.0 Å². The summed E-state index contributed by atoms with van der Waals surface area (Å²) >= 11 is 0. The zero-order valence-electron chi connectivity index (χ0n) is 9.96. The molecular formula is C13H13N3O2. The SMILES string of the molecule is Cc1cc(-c2cncnc2)ccc1OCC(N)=O. The Labute approximate surface area is 105 Å². The van der Waals surface area contributed by atoms with E-state index in [-0.39, 0.29) is 6.61 Å². The number of benzene rings is 1. The molecule has 0 radical (unpaired) electrons. The summed E-state index contributed by atoms with van der Waals surface area (Å²) in [5.74, 6) is 0.157. The fourth-order valence-electron chi connectivity index (χ4n) is 1.59. The van der Waals surface area contributed by atoms with E-state index in [0.29, 0.717) is 5.75 Å². The molecule has 0 saturated carbocycles. The molecule has 0 aliphatic rings. The quantitative estimate of drug-likeness (QED) is 0.878. The first-order valence-electron chi connectivity index (χ1n) is 5.44. The molecule has 5 heteroatoms. The minimum absolute atomic E-state index is 0.116. The number of amides is 1. The van der Waals surface area contributed by atoms with Crippen LogP contribution in [0.1, 0.15) is 5.56 Å². The van der Waals surface area contributed by atoms with Gasteiger partial charge in [0.25, 0.3) is 5.91 Å². The fourth-order valence-corrected chi connectivity index (χ4v) is 1.59. The van der Waals surface area contributed by atoms with Gasteiger partial charge in [-0.1, -0.05) is 6.07 Å². The van der Waals surface area contributed by atoms with Crippen LogP contribution in [-0.4, -0.2) is 22.5 Å². The number of hydrogen-bond donors (Lipinski definition) is 1. The van der Waals surface area contributed by atoms with E-state index in [1.54, 1.807) is 18.5 Å². The maximum Gasteiger partial charge on any atom is 0.255 e. The number of carbonyl (C=O) groups excluding carboxylic acids is 1. The third-order valence-corrected chi connectivity index (χ3v) is 2.44. The zero-order valence-corrected chi connectivity index (χ0v) is 9.96. The van der Waals surface area contributed by atoms with E-state index in [2.05, 4.69) is 9.97 Å². The molecule has 92 valence electrons. The van der Waals surface area contributed by atoms with Crippen molar-refractivity contribution >= 4 is 5.91 Å². The first-order valence-corrected chi connectivity index (χ1v) is 5.44. The molecule has 5 nitrogen and oxygen atoms in total. The van der Waals surface area contributed by atoms with Crippen molar-refractivity contribution in [2.75, 3.05) is 6.61 Å². The van der Waals surface area contributed by atoms with E-state index in [9.17, 15) is 4.79 Å². The van der Waals surface area contributed by atoms with Crippen LogP contribution in [0.4, 0.5) is 0 Å². The number of nitrogens with zero attached hydrogens (tertiary/aromatic N) is 2. The number of primary amides is 1. The number of ether oxygens (including phenoxy) is 1. The predicted molar refractivity (Wildman–Crippen MR) is 66.9 cm³/mol. The van der Waals surface area contributed by atoms with Gasteiger partial charge in [0.1, 0.15) is 12.1 Å². The number of aryl methyl sites for hydroxylation is 1. The van der Waals surface area contributed by atoms with E-state index in [4.69, 9.17) is 10.5 Å². The van der Waals surface area contributed by atoms with Gasteiger partial charge < -0.3 is 10.5 Å². The molecule has 2 N–H and O–H groups in total. The molecule has 0 saturated heterocycles. The Morgan fingerprint density at radius 2 is 2.00 bits per heavy atom. The molecule has 0 spiro atoms.